The van der Waals surface area contributed by atoms with Crippen molar-refractivity contribution in [2.75, 3.05) is 7.05 Å². The molecule has 0 radical (unpaired) electrons. The molecule has 0 aliphatic rings. The zero-order valence-electron chi connectivity index (χ0n) is 12.7. The van der Waals surface area contributed by atoms with Gasteiger partial charge >= 0.3 is 6.09 Å². The maximum atomic E-state index is 11.1. The molecule has 0 aromatic heterocycles. The first kappa shape index (κ1) is 16.1. The molecular formula is C15H23NO4. The summed E-state index contributed by atoms with van der Waals surface area (Å²) in [6.45, 7) is 7.97. The highest BCUT2D eigenvalue weighted by atomic mass is 16.5. The third-order valence-electron chi connectivity index (χ3n) is 2.34. The van der Waals surface area contributed by atoms with E-state index in [4.69, 9.17) is 14.2 Å². The van der Waals surface area contributed by atoms with Crippen LogP contribution in [0.2, 0.25) is 0 Å². The summed E-state index contributed by atoms with van der Waals surface area (Å²) in [5.74, 6) is 1.40. The molecule has 1 rings (SSSR count). The van der Waals surface area contributed by atoms with Crippen LogP contribution in [-0.4, -0.2) is 25.3 Å². The number of nitrogens with one attached hydrogen (secondary N) is 1. The average Bonchev–Trinajstić information content (AvgIpc) is 2.36. The van der Waals surface area contributed by atoms with E-state index < -0.39 is 6.09 Å². The van der Waals surface area contributed by atoms with Gasteiger partial charge in [-0.1, -0.05) is 0 Å². The summed E-state index contributed by atoms with van der Waals surface area (Å²) in [5.41, 5.74) is 0.804. The number of amides is 1. The Kier molecular flexibility index (Phi) is 6.15. The van der Waals surface area contributed by atoms with Crippen LogP contribution >= 0.6 is 0 Å². The van der Waals surface area contributed by atoms with Crippen LogP contribution in [0.15, 0.2) is 18.2 Å². The minimum atomic E-state index is -0.469. The molecule has 20 heavy (non-hydrogen) atoms. The van der Waals surface area contributed by atoms with Crippen molar-refractivity contribution >= 4 is 6.09 Å². The SMILES string of the molecule is CNC(=O)OCc1ccc(OC(C)C)cc1OC(C)C. The number of alkyl carbamates (subject to hydrolysis) is 1. The fourth-order valence-corrected chi connectivity index (χ4v) is 1.58. The van der Waals surface area contributed by atoms with Crippen LogP contribution in [0.1, 0.15) is 33.3 Å². The summed E-state index contributed by atoms with van der Waals surface area (Å²) in [7, 11) is 1.52. The van der Waals surface area contributed by atoms with Crippen molar-refractivity contribution in [1.29, 1.82) is 0 Å². The van der Waals surface area contributed by atoms with Gasteiger partial charge in [0, 0.05) is 18.7 Å². The quantitative estimate of drug-likeness (QED) is 0.870. The van der Waals surface area contributed by atoms with Crippen molar-refractivity contribution in [3.8, 4) is 11.5 Å². The van der Waals surface area contributed by atoms with E-state index in [1.165, 1.54) is 7.05 Å². The van der Waals surface area contributed by atoms with E-state index in [0.717, 1.165) is 11.3 Å². The highest BCUT2D eigenvalue weighted by Crippen LogP contribution is 2.27. The van der Waals surface area contributed by atoms with Crippen LogP contribution in [0, 0.1) is 0 Å². The molecule has 1 aromatic rings. The van der Waals surface area contributed by atoms with Crippen LogP contribution in [0.4, 0.5) is 4.79 Å². The maximum absolute atomic E-state index is 11.1. The van der Waals surface area contributed by atoms with Gasteiger partial charge in [-0.2, -0.15) is 0 Å². The Balaban J connectivity index is 2.88. The molecular weight excluding hydrogens is 258 g/mol. The Morgan fingerprint density at radius 3 is 2.35 bits per heavy atom. The molecule has 0 saturated carbocycles. The van der Waals surface area contributed by atoms with Crippen LogP contribution < -0.4 is 14.8 Å². The van der Waals surface area contributed by atoms with Gasteiger partial charge in [-0.25, -0.2) is 4.79 Å². The number of ether oxygens (including phenoxy) is 3. The van der Waals surface area contributed by atoms with Crippen molar-refractivity contribution in [3.05, 3.63) is 23.8 Å². The lowest BCUT2D eigenvalue weighted by molar-refractivity contribution is 0.139. The van der Waals surface area contributed by atoms with Crippen molar-refractivity contribution < 1.29 is 19.0 Å². The van der Waals surface area contributed by atoms with E-state index in [2.05, 4.69) is 5.32 Å². The third kappa shape index (κ3) is 5.38. The van der Waals surface area contributed by atoms with E-state index in [9.17, 15) is 4.79 Å². The molecule has 5 nitrogen and oxygen atoms in total. The van der Waals surface area contributed by atoms with Crippen molar-refractivity contribution in [2.24, 2.45) is 0 Å². The number of hydrogen-bond acceptors (Lipinski definition) is 4. The topological polar surface area (TPSA) is 56.8 Å². The molecule has 0 saturated heterocycles. The van der Waals surface area contributed by atoms with Gasteiger partial charge < -0.3 is 19.5 Å². The molecule has 5 heteroatoms. The summed E-state index contributed by atoms with van der Waals surface area (Å²) >= 11 is 0. The lowest BCUT2D eigenvalue weighted by Gasteiger charge is -2.17. The van der Waals surface area contributed by atoms with Crippen LogP contribution in [0.25, 0.3) is 0 Å². The zero-order chi connectivity index (χ0) is 15.1. The van der Waals surface area contributed by atoms with E-state index in [-0.39, 0.29) is 18.8 Å². The highest BCUT2D eigenvalue weighted by molar-refractivity contribution is 5.66. The number of hydrogen-bond donors (Lipinski definition) is 1. The van der Waals surface area contributed by atoms with Gasteiger partial charge in [0.15, 0.2) is 0 Å². The molecule has 0 aliphatic carbocycles. The second-order valence-corrected chi connectivity index (χ2v) is 4.93. The standard InChI is InChI=1S/C15H23NO4/c1-10(2)19-13-7-6-12(9-18-15(17)16-5)14(8-13)20-11(3)4/h6-8,10-11H,9H2,1-5H3,(H,16,17). The Morgan fingerprint density at radius 1 is 1.15 bits per heavy atom. The first-order valence-electron chi connectivity index (χ1n) is 6.73. The van der Waals surface area contributed by atoms with Crippen molar-refractivity contribution in [2.45, 2.75) is 46.5 Å². The molecule has 1 aromatic carbocycles. The molecule has 0 spiro atoms. The Bertz CT molecular complexity index is 443. The number of carbonyl (C=O) groups excluding carboxylic acids is 1. The zero-order valence-corrected chi connectivity index (χ0v) is 12.7. The second-order valence-electron chi connectivity index (χ2n) is 4.93. The van der Waals surface area contributed by atoms with Crippen LogP contribution in [0.3, 0.4) is 0 Å². The number of rotatable bonds is 6. The van der Waals surface area contributed by atoms with Gasteiger partial charge in [0.25, 0.3) is 0 Å². The lowest BCUT2D eigenvalue weighted by Crippen LogP contribution is -2.19. The molecule has 1 amide bonds. The van der Waals surface area contributed by atoms with E-state index in [0.29, 0.717) is 5.75 Å². The van der Waals surface area contributed by atoms with Gasteiger partial charge in [0.1, 0.15) is 18.1 Å². The molecule has 1 N–H and O–H groups in total. The normalized spacial score (nSPS) is 10.6. The Hall–Kier alpha value is -1.91. The minimum absolute atomic E-state index is 0.0306. The summed E-state index contributed by atoms with van der Waals surface area (Å²) in [6.07, 6.45) is -0.346. The van der Waals surface area contributed by atoms with Gasteiger partial charge in [-0.15, -0.1) is 0 Å². The predicted molar refractivity (Wildman–Crippen MR) is 77.2 cm³/mol. The van der Waals surface area contributed by atoms with Gasteiger partial charge in [-0.05, 0) is 39.8 Å². The fourth-order valence-electron chi connectivity index (χ4n) is 1.58. The Labute approximate surface area is 120 Å². The molecule has 0 atom stereocenters. The highest BCUT2D eigenvalue weighted by Gasteiger charge is 2.11. The largest absolute Gasteiger partial charge is 0.491 e. The molecule has 0 bridgehead atoms. The first-order chi connectivity index (χ1) is 9.42. The summed E-state index contributed by atoms with van der Waals surface area (Å²) in [5, 5.41) is 2.41. The van der Waals surface area contributed by atoms with Crippen LogP contribution in [0.5, 0.6) is 11.5 Å². The van der Waals surface area contributed by atoms with Gasteiger partial charge in [0.05, 0.1) is 12.2 Å². The Morgan fingerprint density at radius 2 is 1.80 bits per heavy atom. The summed E-state index contributed by atoms with van der Waals surface area (Å²) < 4.78 is 16.4. The van der Waals surface area contributed by atoms with E-state index >= 15 is 0 Å². The van der Waals surface area contributed by atoms with Gasteiger partial charge in [0.2, 0.25) is 0 Å². The van der Waals surface area contributed by atoms with Gasteiger partial charge in [-0.3, -0.25) is 0 Å². The second kappa shape index (κ2) is 7.62. The number of benzene rings is 1. The fraction of sp³-hybridized carbons (Fsp3) is 0.533. The smallest absolute Gasteiger partial charge is 0.407 e. The maximum Gasteiger partial charge on any atom is 0.407 e. The molecule has 112 valence electrons. The first-order valence-corrected chi connectivity index (χ1v) is 6.73. The molecule has 0 fully saturated rings. The minimum Gasteiger partial charge on any atom is -0.491 e. The molecule has 0 aliphatic heterocycles. The summed E-state index contributed by atoms with van der Waals surface area (Å²) in [6, 6.07) is 5.51. The molecule has 0 unspecified atom stereocenters. The predicted octanol–water partition coefficient (Wildman–Crippen LogP) is 3.12. The third-order valence-corrected chi connectivity index (χ3v) is 2.34. The lowest BCUT2D eigenvalue weighted by atomic mass is 10.2. The monoisotopic (exact) mass is 281 g/mol. The van der Waals surface area contributed by atoms with Crippen molar-refractivity contribution in [1.82, 2.24) is 5.32 Å². The average molecular weight is 281 g/mol. The van der Waals surface area contributed by atoms with Crippen LogP contribution in [-0.2, 0) is 11.3 Å². The van der Waals surface area contributed by atoms with Crippen molar-refractivity contribution in [3.63, 3.8) is 0 Å². The summed E-state index contributed by atoms with van der Waals surface area (Å²) in [4.78, 5) is 11.1. The van der Waals surface area contributed by atoms with E-state index in [1.807, 2.05) is 45.9 Å². The van der Waals surface area contributed by atoms with E-state index in [1.54, 1.807) is 0 Å². The molecule has 0 heterocycles. The number of carbonyl (C=O) groups is 1.